The summed E-state index contributed by atoms with van der Waals surface area (Å²) in [5.74, 6) is 0. The van der Waals surface area contributed by atoms with E-state index in [1.165, 1.54) is 40.8 Å². The summed E-state index contributed by atoms with van der Waals surface area (Å²) >= 11 is 0. The van der Waals surface area contributed by atoms with E-state index in [0.717, 1.165) is 21.9 Å². The van der Waals surface area contributed by atoms with E-state index in [1.807, 2.05) is 0 Å². The second-order valence-electron chi connectivity index (χ2n) is 8.75. The minimum atomic E-state index is -1.25. The Morgan fingerprint density at radius 1 is 0.677 bits per heavy atom. The Labute approximate surface area is 182 Å². The van der Waals surface area contributed by atoms with Crippen LogP contribution < -0.4 is 4.67 Å². The summed E-state index contributed by atoms with van der Waals surface area (Å²) in [5, 5.41) is 7.14. The number of hydrogen-bond acceptors (Lipinski definition) is 3. The molecule has 2 atom stereocenters. The molecule has 1 saturated heterocycles. The van der Waals surface area contributed by atoms with Crippen LogP contribution in [0.4, 0.5) is 0 Å². The molecule has 1 aliphatic rings. The van der Waals surface area contributed by atoms with E-state index in [0.29, 0.717) is 12.1 Å². The standard InChI is InChI=1S/C27H26NO2P/c1-18-8-7-9-19(2)28(18)31-29-24-16-14-20-10-3-5-12-22(20)26(24)27-23-13-6-4-11-21(23)15-17-25(27)30-31/h3-6,10-19H,7-9H2,1-2H3/t18-,19+. The Balaban J connectivity index is 1.83. The molecule has 0 saturated carbocycles. The molecular formula is C27H26NO2P. The molecule has 3 nitrogen and oxygen atoms in total. The maximum atomic E-state index is 6.75. The zero-order chi connectivity index (χ0) is 20.9. The first-order chi connectivity index (χ1) is 15.2. The summed E-state index contributed by atoms with van der Waals surface area (Å²) in [6.45, 7) is 4.61. The van der Waals surface area contributed by atoms with Gasteiger partial charge in [-0.25, -0.2) is 0 Å². The van der Waals surface area contributed by atoms with Gasteiger partial charge in [-0.15, -0.1) is 0 Å². The van der Waals surface area contributed by atoms with Crippen molar-refractivity contribution < 1.29 is 8.39 Å². The van der Waals surface area contributed by atoms with Gasteiger partial charge >= 0.3 is 8.16 Å². The van der Waals surface area contributed by atoms with Crippen molar-refractivity contribution in [3.63, 3.8) is 0 Å². The molecule has 0 amide bonds. The van der Waals surface area contributed by atoms with Gasteiger partial charge in [-0.1, -0.05) is 67.1 Å². The molecule has 4 heteroatoms. The molecule has 31 heavy (non-hydrogen) atoms. The zero-order valence-corrected chi connectivity index (χ0v) is 18.8. The Morgan fingerprint density at radius 3 is 1.68 bits per heavy atom. The highest BCUT2D eigenvalue weighted by Gasteiger charge is 2.30. The fourth-order valence-corrected chi connectivity index (χ4v) is 6.92. The van der Waals surface area contributed by atoms with E-state index in [1.54, 1.807) is 0 Å². The smallest absolute Gasteiger partial charge is 0.310 e. The van der Waals surface area contributed by atoms with E-state index in [4.69, 9.17) is 8.39 Å². The summed E-state index contributed by atoms with van der Waals surface area (Å²) in [6, 6.07) is 26.6. The van der Waals surface area contributed by atoms with Gasteiger partial charge < -0.3 is 8.39 Å². The van der Waals surface area contributed by atoms with Crippen LogP contribution in [0.5, 0.6) is 0 Å². The van der Waals surface area contributed by atoms with Crippen LogP contribution in [0.2, 0.25) is 0 Å². The first kappa shape index (κ1) is 19.0. The highest BCUT2D eigenvalue weighted by molar-refractivity contribution is 7.39. The third-order valence-corrected chi connectivity index (χ3v) is 8.59. The molecule has 0 radical (unpaired) electrons. The molecule has 1 fully saturated rings. The first-order valence-electron chi connectivity index (χ1n) is 11.2. The number of piperidine rings is 1. The van der Waals surface area contributed by atoms with E-state index in [2.05, 4.69) is 91.3 Å². The quantitative estimate of drug-likeness (QED) is 0.269. The molecule has 5 aromatic rings. The minimum Gasteiger partial charge on any atom is -0.408 e. The van der Waals surface area contributed by atoms with Crippen LogP contribution in [0, 0.1) is 0 Å². The summed E-state index contributed by atoms with van der Waals surface area (Å²) in [4.78, 5) is 0. The van der Waals surface area contributed by atoms with Crippen molar-refractivity contribution in [2.24, 2.45) is 0 Å². The van der Waals surface area contributed by atoms with Crippen LogP contribution in [-0.4, -0.2) is 12.1 Å². The van der Waals surface area contributed by atoms with Gasteiger partial charge in [0.15, 0.2) is 0 Å². The highest BCUT2D eigenvalue weighted by atomic mass is 31.1. The molecule has 0 bridgehead atoms. The van der Waals surface area contributed by atoms with Crippen molar-refractivity contribution in [1.29, 1.82) is 0 Å². The summed E-state index contributed by atoms with van der Waals surface area (Å²) in [5.41, 5.74) is 1.84. The highest BCUT2D eigenvalue weighted by Crippen LogP contribution is 2.44. The van der Waals surface area contributed by atoms with E-state index < -0.39 is 8.16 Å². The second kappa shape index (κ2) is 7.44. The van der Waals surface area contributed by atoms with Crippen molar-refractivity contribution in [1.82, 2.24) is 0 Å². The molecule has 0 spiro atoms. The molecular weight excluding hydrogens is 401 g/mol. The minimum absolute atomic E-state index is 0.445. The fraction of sp³-hybridized carbons (Fsp3) is 0.259. The molecule has 1 aromatic heterocycles. The maximum absolute atomic E-state index is 6.75. The average Bonchev–Trinajstić information content (AvgIpc) is 2.96. The van der Waals surface area contributed by atoms with Gasteiger partial charge in [-0.3, -0.25) is 0 Å². The van der Waals surface area contributed by atoms with Gasteiger partial charge in [0.2, 0.25) is 0 Å². The molecule has 2 heterocycles. The van der Waals surface area contributed by atoms with Crippen LogP contribution in [0.15, 0.2) is 81.2 Å². The predicted octanol–water partition coefficient (Wildman–Crippen LogP) is 8.50. The average molecular weight is 427 g/mol. The molecule has 6 rings (SSSR count). The summed E-state index contributed by atoms with van der Waals surface area (Å²) < 4.78 is 16.0. The van der Waals surface area contributed by atoms with Crippen LogP contribution in [0.3, 0.4) is 0 Å². The number of hydrogen-bond donors (Lipinski definition) is 0. The zero-order valence-electron chi connectivity index (χ0n) is 17.9. The Hall–Kier alpha value is -2.74. The van der Waals surface area contributed by atoms with Crippen molar-refractivity contribution in [2.45, 2.75) is 45.2 Å². The van der Waals surface area contributed by atoms with Gasteiger partial charge in [-0.2, -0.15) is 4.67 Å². The summed E-state index contributed by atoms with van der Waals surface area (Å²) in [6.07, 6.45) is 3.64. The van der Waals surface area contributed by atoms with Gasteiger partial charge in [-0.05, 0) is 60.4 Å². The van der Waals surface area contributed by atoms with Crippen molar-refractivity contribution in [3.8, 4) is 0 Å². The summed E-state index contributed by atoms with van der Waals surface area (Å²) in [7, 11) is -1.25. The fourth-order valence-electron chi connectivity index (χ4n) is 5.18. The third-order valence-electron chi connectivity index (χ3n) is 6.72. The SMILES string of the molecule is C[C@@H]1CCC[C@H](C)N1p1oc2ccc3ccccc3c2c2c(ccc3ccccc32)o1. The van der Waals surface area contributed by atoms with Crippen LogP contribution >= 0.6 is 8.16 Å². The monoisotopic (exact) mass is 427 g/mol. The number of rotatable bonds is 1. The second-order valence-corrected chi connectivity index (χ2v) is 10.1. The molecule has 0 N–H and O–H groups in total. The lowest BCUT2D eigenvalue weighted by atomic mass is 9.99. The van der Waals surface area contributed by atoms with Gasteiger partial charge in [0.25, 0.3) is 0 Å². The van der Waals surface area contributed by atoms with Crippen molar-refractivity contribution in [3.05, 3.63) is 72.8 Å². The molecule has 4 aromatic carbocycles. The number of fused-ring (bicyclic) bond motifs is 7. The first-order valence-corrected chi connectivity index (χ1v) is 12.3. The van der Waals surface area contributed by atoms with Gasteiger partial charge in [0.05, 0.1) is 0 Å². The predicted molar refractivity (Wildman–Crippen MR) is 132 cm³/mol. The normalized spacial score (nSPS) is 20.1. The number of benzene rings is 4. The third kappa shape index (κ3) is 3.07. The molecule has 0 aliphatic carbocycles. The lowest BCUT2D eigenvalue weighted by Gasteiger charge is -2.35. The van der Waals surface area contributed by atoms with Crippen LogP contribution in [0.25, 0.3) is 43.5 Å². The van der Waals surface area contributed by atoms with E-state index in [9.17, 15) is 0 Å². The number of nitrogens with zero attached hydrogens (tertiary/aromatic N) is 1. The van der Waals surface area contributed by atoms with Gasteiger partial charge in [0.1, 0.15) is 11.2 Å². The lowest BCUT2D eigenvalue weighted by Crippen LogP contribution is -2.41. The Kier molecular flexibility index (Phi) is 4.56. The maximum Gasteiger partial charge on any atom is 0.310 e. The Morgan fingerprint density at radius 2 is 1.16 bits per heavy atom. The van der Waals surface area contributed by atoms with E-state index >= 15 is 0 Å². The molecule has 156 valence electrons. The lowest BCUT2D eigenvalue weighted by molar-refractivity contribution is 0.421. The topological polar surface area (TPSA) is 29.5 Å². The largest absolute Gasteiger partial charge is 0.408 e. The van der Waals surface area contributed by atoms with Crippen LogP contribution in [-0.2, 0) is 0 Å². The van der Waals surface area contributed by atoms with E-state index in [-0.39, 0.29) is 0 Å². The molecule has 1 aliphatic heterocycles. The van der Waals surface area contributed by atoms with Crippen molar-refractivity contribution in [2.75, 3.05) is 4.67 Å². The Bertz CT molecular complexity index is 1360. The molecule has 0 unspecified atom stereocenters. The van der Waals surface area contributed by atoms with Gasteiger partial charge in [0, 0.05) is 22.9 Å². The van der Waals surface area contributed by atoms with Crippen molar-refractivity contribution >= 4 is 51.6 Å². The van der Waals surface area contributed by atoms with Crippen LogP contribution in [0.1, 0.15) is 33.1 Å².